The molecule has 0 atom stereocenters. The number of hydrogen-bond acceptors (Lipinski definition) is 3. The van der Waals surface area contributed by atoms with Crippen molar-refractivity contribution in [2.75, 3.05) is 0 Å². The molecule has 0 aliphatic heterocycles. The van der Waals surface area contributed by atoms with Crippen molar-refractivity contribution >= 4 is 5.65 Å². The second-order valence-corrected chi connectivity index (χ2v) is 6.03. The molecule has 0 amide bonds. The van der Waals surface area contributed by atoms with Crippen LogP contribution in [0.3, 0.4) is 0 Å². The van der Waals surface area contributed by atoms with Crippen LogP contribution in [0, 0.1) is 18.3 Å². The lowest BCUT2D eigenvalue weighted by atomic mass is 10.1. The Morgan fingerprint density at radius 3 is 2.60 bits per heavy atom. The average Bonchev–Trinajstić information content (AvgIpc) is 3.00. The first kappa shape index (κ1) is 15.1. The zero-order valence-electron chi connectivity index (χ0n) is 13.8. The standard InChI is InChI=1S/C21H16N4/c1-15-5-10-20-24-21(17-8-6-16(13-22)7-9-17)19(25(20)14-15)12-18-4-2-3-11-23-18/h2-11,14H,12H2,1H3. The Labute approximate surface area is 146 Å². The van der Waals surface area contributed by atoms with Crippen LogP contribution in [0.1, 0.15) is 22.5 Å². The van der Waals surface area contributed by atoms with Crippen LogP contribution in [-0.4, -0.2) is 14.4 Å². The van der Waals surface area contributed by atoms with Crippen LogP contribution >= 0.6 is 0 Å². The number of benzene rings is 1. The van der Waals surface area contributed by atoms with Gasteiger partial charge in [0.2, 0.25) is 0 Å². The second-order valence-electron chi connectivity index (χ2n) is 6.03. The van der Waals surface area contributed by atoms with Gasteiger partial charge in [0, 0.05) is 30.1 Å². The van der Waals surface area contributed by atoms with E-state index in [0.717, 1.165) is 28.3 Å². The van der Waals surface area contributed by atoms with Crippen LogP contribution < -0.4 is 0 Å². The van der Waals surface area contributed by atoms with Crippen molar-refractivity contribution in [3.05, 3.63) is 89.5 Å². The lowest BCUT2D eigenvalue weighted by molar-refractivity contribution is 0.979. The summed E-state index contributed by atoms with van der Waals surface area (Å²) >= 11 is 0. The number of hydrogen-bond donors (Lipinski definition) is 0. The molecule has 3 aromatic heterocycles. The van der Waals surface area contributed by atoms with E-state index in [1.165, 1.54) is 5.56 Å². The quantitative estimate of drug-likeness (QED) is 0.568. The molecule has 25 heavy (non-hydrogen) atoms. The summed E-state index contributed by atoms with van der Waals surface area (Å²) in [7, 11) is 0. The Kier molecular flexibility index (Phi) is 3.75. The fraction of sp³-hybridized carbons (Fsp3) is 0.0952. The molecule has 120 valence electrons. The zero-order valence-corrected chi connectivity index (χ0v) is 13.8. The topological polar surface area (TPSA) is 54.0 Å². The Hall–Kier alpha value is -3.45. The maximum Gasteiger partial charge on any atom is 0.137 e. The molecule has 0 saturated heterocycles. The van der Waals surface area contributed by atoms with Gasteiger partial charge in [-0.25, -0.2) is 4.98 Å². The number of fused-ring (bicyclic) bond motifs is 1. The third kappa shape index (κ3) is 2.88. The molecular formula is C21H16N4. The molecule has 1 aromatic carbocycles. The minimum atomic E-state index is 0.648. The Morgan fingerprint density at radius 2 is 1.88 bits per heavy atom. The summed E-state index contributed by atoms with van der Waals surface area (Å²) in [5, 5.41) is 9.02. The monoisotopic (exact) mass is 324 g/mol. The van der Waals surface area contributed by atoms with Crippen molar-refractivity contribution in [1.82, 2.24) is 14.4 Å². The first-order valence-corrected chi connectivity index (χ1v) is 8.12. The van der Waals surface area contributed by atoms with Crippen LogP contribution in [0.4, 0.5) is 0 Å². The first-order valence-electron chi connectivity index (χ1n) is 8.12. The predicted molar refractivity (Wildman–Crippen MR) is 97.1 cm³/mol. The van der Waals surface area contributed by atoms with Gasteiger partial charge in [0.25, 0.3) is 0 Å². The SMILES string of the molecule is Cc1ccc2nc(-c3ccc(C#N)cc3)c(Cc3ccccn3)n2c1. The van der Waals surface area contributed by atoms with Gasteiger partial charge in [-0.15, -0.1) is 0 Å². The van der Waals surface area contributed by atoms with Crippen molar-refractivity contribution in [3.63, 3.8) is 0 Å². The van der Waals surface area contributed by atoms with Crippen molar-refractivity contribution < 1.29 is 0 Å². The van der Waals surface area contributed by atoms with E-state index in [1.54, 1.807) is 0 Å². The number of aryl methyl sites for hydroxylation is 1. The maximum absolute atomic E-state index is 9.02. The molecule has 0 unspecified atom stereocenters. The summed E-state index contributed by atoms with van der Waals surface area (Å²) in [6.45, 7) is 2.07. The van der Waals surface area contributed by atoms with Gasteiger partial charge in [0.05, 0.1) is 23.0 Å². The van der Waals surface area contributed by atoms with Crippen LogP contribution in [0.15, 0.2) is 67.0 Å². The number of rotatable bonds is 3. The molecule has 0 bridgehead atoms. The first-order chi connectivity index (χ1) is 12.2. The molecule has 0 saturated carbocycles. The van der Waals surface area contributed by atoms with Crippen molar-refractivity contribution in [1.29, 1.82) is 5.26 Å². The van der Waals surface area contributed by atoms with Crippen molar-refractivity contribution in [2.24, 2.45) is 0 Å². The molecule has 0 spiro atoms. The van der Waals surface area contributed by atoms with E-state index in [0.29, 0.717) is 12.0 Å². The third-order valence-corrected chi connectivity index (χ3v) is 4.23. The highest BCUT2D eigenvalue weighted by molar-refractivity contribution is 5.68. The number of aromatic nitrogens is 3. The van der Waals surface area contributed by atoms with Crippen LogP contribution in [0.25, 0.3) is 16.9 Å². The summed E-state index contributed by atoms with van der Waals surface area (Å²) in [6.07, 6.45) is 4.61. The molecule has 3 heterocycles. The molecule has 0 radical (unpaired) electrons. The summed E-state index contributed by atoms with van der Waals surface area (Å²) in [4.78, 5) is 9.29. The van der Waals surface area contributed by atoms with Gasteiger partial charge >= 0.3 is 0 Å². The van der Waals surface area contributed by atoms with E-state index < -0.39 is 0 Å². The highest BCUT2D eigenvalue weighted by Gasteiger charge is 2.15. The third-order valence-electron chi connectivity index (χ3n) is 4.23. The minimum absolute atomic E-state index is 0.648. The fourth-order valence-corrected chi connectivity index (χ4v) is 2.98. The van der Waals surface area contributed by atoms with E-state index in [9.17, 15) is 0 Å². The van der Waals surface area contributed by atoms with Crippen LogP contribution in [0.5, 0.6) is 0 Å². The highest BCUT2D eigenvalue weighted by Crippen LogP contribution is 2.27. The molecular weight excluding hydrogens is 308 g/mol. The van der Waals surface area contributed by atoms with Crippen LogP contribution in [0.2, 0.25) is 0 Å². The van der Waals surface area contributed by atoms with E-state index in [4.69, 9.17) is 10.2 Å². The molecule has 4 nitrogen and oxygen atoms in total. The summed E-state index contributed by atoms with van der Waals surface area (Å²) in [6, 6.07) is 19.8. The van der Waals surface area contributed by atoms with Gasteiger partial charge in [-0.2, -0.15) is 5.26 Å². The van der Waals surface area contributed by atoms with Crippen LogP contribution in [-0.2, 0) is 6.42 Å². The molecule has 0 fully saturated rings. The highest BCUT2D eigenvalue weighted by atomic mass is 15.0. The van der Waals surface area contributed by atoms with Gasteiger partial charge < -0.3 is 4.40 Å². The summed E-state index contributed by atoms with van der Waals surface area (Å²) in [5.74, 6) is 0. The average molecular weight is 324 g/mol. The van der Waals surface area contributed by atoms with E-state index in [1.807, 2.05) is 54.7 Å². The molecule has 4 rings (SSSR count). The zero-order chi connectivity index (χ0) is 17.2. The van der Waals surface area contributed by atoms with Gasteiger partial charge in [0.1, 0.15) is 5.65 Å². The second kappa shape index (κ2) is 6.21. The largest absolute Gasteiger partial charge is 0.303 e. The normalized spacial score (nSPS) is 10.7. The molecule has 4 heteroatoms. The van der Waals surface area contributed by atoms with E-state index in [-0.39, 0.29) is 0 Å². The number of imidazole rings is 1. The smallest absolute Gasteiger partial charge is 0.137 e. The van der Waals surface area contributed by atoms with E-state index >= 15 is 0 Å². The summed E-state index contributed by atoms with van der Waals surface area (Å²) < 4.78 is 2.14. The lowest BCUT2D eigenvalue weighted by Gasteiger charge is -2.06. The van der Waals surface area contributed by atoms with Gasteiger partial charge in [0.15, 0.2) is 0 Å². The minimum Gasteiger partial charge on any atom is -0.303 e. The molecule has 0 N–H and O–H groups in total. The van der Waals surface area contributed by atoms with Crippen molar-refractivity contribution in [2.45, 2.75) is 13.3 Å². The Morgan fingerprint density at radius 1 is 1.04 bits per heavy atom. The lowest BCUT2D eigenvalue weighted by Crippen LogP contribution is -1.99. The van der Waals surface area contributed by atoms with E-state index in [2.05, 4.69) is 34.6 Å². The maximum atomic E-state index is 9.02. The number of nitriles is 1. The number of pyridine rings is 2. The Bertz CT molecular complexity index is 1070. The fourth-order valence-electron chi connectivity index (χ4n) is 2.98. The van der Waals surface area contributed by atoms with Gasteiger partial charge in [-0.3, -0.25) is 4.98 Å². The van der Waals surface area contributed by atoms with Gasteiger partial charge in [-0.1, -0.05) is 24.3 Å². The molecule has 0 aliphatic carbocycles. The molecule has 0 aliphatic rings. The summed E-state index contributed by atoms with van der Waals surface area (Å²) in [5.41, 5.74) is 6.78. The van der Waals surface area contributed by atoms with Gasteiger partial charge in [-0.05, 0) is 42.8 Å². The predicted octanol–water partition coefficient (Wildman–Crippen LogP) is 4.17. The number of nitrogens with zero attached hydrogens (tertiary/aromatic N) is 4. The molecule has 4 aromatic rings. The van der Waals surface area contributed by atoms with Crippen molar-refractivity contribution in [3.8, 4) is 17.3 Å². The Balaban J connectivity index is 1.90.